The quantitative estimate of drug-likeness (QED) is 0.834. The summed E-state index contributed by atoms with van der Waals surface area (Å²) in [5, 5.41) is 9.73. The van der Waals surface area contributed by atoms with Crippen molar-refractivity contribution < 1.29 is 18.3 Å². The number of ether oxygens (including phenoxy) is 1. The number of methoxy groups -OCH3 is 1. The molecule has 0 aromatic heterocycles. The van der Waals surface area contributed by atoms with Crippen LogP contribution in [0, 0.1) is 19.3 Å². The average molecular weight is 341 g/mol. The molecule has 0 spiro atoms. The fraction of sp³-hybridized carbons (Fsp3) is 0.647. The van der Waals surface area contributed by atoms with Gasteiger partial charge in [0, 0.05) is 18.6 Å². The molecule has 0 bridgehead atoms. The molecule has 0 saturated heterocycles. The molecule has 5 nitrogen and oxygen atoms in total. The van der Waals surface area contributed by atoms with E-state index >= 15 is 0 Å². The van der Waals surface area contributed by atoms with E-state index in [2.05, 4.69) is 4.72 Å². The topological polar surface area (TPSA) is 75.6 Å². The maximum absolute atomic E-state index is 12.7. The second-order valence-corrected chi connectivity index (χ2v) is 8.37. The van der Waals surface area contributed by atoms with Crippen LogP contribution in [0.15, 0.2) is 17.0 Å². The third kappa shape index (κ3) is 4.05. The summed E-state index contributed by atoms with van der Waals surface area (Å²) < 4.78 is 33.3. The van der Waals surface area contributed by atoms with Gasteiger partial charge in [0.05, 0.1) is 7.11 Å². The molecule has 1 aromatic carbocycles. The van der Waals surface area contributed by atoms with Gasteiger partial charge in [-0.05, 0) is 49.9 Å². The molecular weight excluding hydrogens is 314 g/mol. The number of hydrogen-bond donors (Lipinski definition) is 2. The minimum Gasteiger partial charge on any atom is -0.495 e. The summed E-state index contributed by atoms with van der Waals surface area (Å²) >= 11 is 0. The largest absolute Gasteiger partial charge is 0.495 e. The summed E-state index contributed by atoms with van der Waals surface area (Å²) in [6, 6.07) is 3.38. The van der Waals surface area contributed by atoms with Crippen LogP contribution in [0.4, 0.5) is 0 Å². The average Bonchev–Trinajstić information content (AvgIpc) is 2.56. The van der Waals surface area contributed by atoms with Crippen LogP contribution in [0.25, 0.3) is 0 Å². The lowest BCUT2D eigenvalue weighted by Gasteiger charge is -2.35. The molecule has 0 unspecified atom stereocenters. The minimum absolute atomic E-state index is 0.0135. The standard InChI is InChI=1S/C17H27NO4S/c1-13-9-15(22-3)16(10-14(13)2)23(20,21)18-11-17(12-19)7-5-4-6-8-17/h9-10,18-19H,4-8,11-12H2,1-3H3. The third-order valence-electron chi connectivity index (χ3n) is 4.96. The van der Waals surface area contributed by atoms with Crippen LogP contribution in [-0.2, 0) is 10.0 Å². The Morgan fingerprint density at radius 1 is 1.17 bits per heavy atom. The Bertz CT molecular complexity index is 649. The molecule has 130 valence electrons. The van der Waals surface area contributed by atoms with Crippen molar-refractivity contribution in [2.75, 3.05) is 20.3 Å². The third-order valence-corrected chi connectivity index (χ3v) is 6.38. The Morgan fingerprint density at radius 3 is 2.35 bits per heavy atom. The molecule has 0 amide bonds. The molecule has 2 rings (SSSR count). The predicted molar refractivity (Wildman–Crippen MR) is 90.3 cm³/mol. The second-order valence-electron chi connectivity index (χ2n) is 6.63. The Hall–Kier alpha value is -1.11. The van der Waals surface area contributed by atoms with Crippen molar-refractivity contribution in [3.63, 3.8) is 0 Å². The Labute approximate surface area is 139 Å². The zero-order valence-electron chi connectivity index (χ0n) is 14.2. The molecular formula is C17H27NO4S. The van der Waals surface area contributed by atoms with E-state index in [0.29, 0.717) is 5.75 Å². The van der Waals surface area contributed by atoms with Crippen LogP contribution < -0.4 is 9.46 Å². The number of benzene rings is 1. The van der Waals surface area contributed by atoms with E-state index < -0.39 is 10.0 Å². The fourth-order valence-corrected chi connectivity index (χ4v) is 4.54. The number of sulfonamides is 1. The van der Waals surface area contributed by atoms with Gasteiger partial charge in [0.2, 0.25) is 10.0 Å². The number of aryl methyl sites for hydroxylation is 2. The van der Waals surface area contributed by atoms with Crippen LogP contribution in [0.2, 0.25) is 0 Å². The molecule has 23 heavy (non-hydrogen) atoms. The molecule has 1 aromatic rings. The van der Waals surface area contributed by atoms with Crippen molar-refractivity contribution in [2.24, 2.45) is 5.41 Å². The van der Waals surface area contributed by atoms with Crippen molar-refractivity contribution in [1.29, 1.82) is 0 Å². The fourth-order valence-electron chi connectivity index (χ4n) is 3.15. The molecule has 6 heteroatoms. The molecule has 1 fully saturated rings. The lowest BCUT2D eigenvalue weighted by molar-refractivity contribution is 0.0867. The van der Waals surface area contributed by atoms with E-state index in [1.165, 1.54) is 7.11 Å². The van der Waals surface area contributed by atoms with E-state index in [1.807, 2.05) is 13.8 Å². The van der Waals surface area contributed by atoms with Crippen molar-refractivity contribution in [1.82, 2.24) is 4.72 Å². The highest BCUT2D eigenvalue weighted by Crippen LogP contribution is 2.36. The van der Waals surface area contributed by atoms with Gasteiger partial charge < -0.3 is 9.84 Å². The van der Waals surface area contributed by atoms with E-state index in [9.17, 15) is 13.5 Å². The summed E-state index contributed by atoms with van der Waals surface area (Å²) in [6.45, 7) is 4.08. The van der Waals surface area contributed by atoms with Gasteiger partial charge in [-0.15, -0.1) is 0 Å². The van der Waals surface area contributed by atoms with Crippen molar-refractivity contribution in [3.05, 3.63) is 23.3 Å². The van der Waals surface area contributed by atoms with Gasteiger partial charge in [-0.2, -0.15) is 0 Å². The summed E-state index contributed by atoms with van der Waals surface area (Å²) in [7, 11) is -2.20. The Balaban J connectivity index is 2.23. The van der Waals surface area contributed by atoms with Gasteiger partial charge in [0.15, 0.2) is 0 Å². The van der Waals surface area contributed by atoms with Gasteiger partial charge in [-0.3, -0.25) is 0 Å². The van der Waals surface area contributed by atoms with Gasteiger partial charge in [0.1, 0.15) is 10.6 Å². The van der Waals surface area contributed by atoms with Crippen LogP contribution in [0.1, 0.15) is 43.2 Å². The lowest BCUT2D eigenvalue weighted by Crippen LogP contribution is -2.41. The first-order valence-corrected chi connectivity index (χ1v) is 9.58. The van der Waals surface area contributed by atoms with E-state index in [1.54, 1.807) is 12.1 Å². The summed E-state index contributed by atoms with van der Waals surface area (Å²) in [5.41, 5.74) is 1.55. The van der Waals surface area contributed by atoms with Crippen LogP contribution in [0.3, 0.4) is 0 Å². The number of aliphatic hydroxyl groups is 1. The van der Waals surface area contributed by atoms with Gasteiger partial charge >= 0.3 is 0 Å². The SMILES string of the molecule is COc1cc(C)c(C)cc1S(=O)(=O)NCC1(CO)CCCCC1. The predicted octanol–water partition coefficient (Wildman–Crippen LogP) is 2.53. The normalized spacial score (nSPS) is 17.9. The number of nitrogens with one attached hydrogen (secondary N) is 1. The molecule has 1 saturated carbocycles. The first kappa shape index (κ1) is 18.2. The van der Waals surface area contributed by atoms with Crippen LogP contribution >= 0.6 is 0 Å². The Morgan fingerprint density at radius 2 is 1.78 bits per heavy atom. The maximum atomic E-state index is 12.7. The molecule has 2 N–H and O–H groups in total. The zero-order chi connectivity index (χ0) is 17.1. The maximum Gasteiger partial charge on any atom is 0.244 e. The molecule has 0 radical (unpaired) electrons. The Kier molecular flexibility index (Phi) is 5.70. The monoisotopic (exact) mass is 341 g/mol. The first-order valence-electron chi connectivity index (χ1n) is 8.09. The zero-order valence-corrected chi connectivity index (χ0v) is 15.0. The molecule has 1 aliphatic rings. The lowest BCUT2D eigenvalue weighted by atomic mass is 9.75. The van der Waals surface area contributed by atoms with Crippen LogP contribution in [0.5, 0.6) is 5.75 Å². The second kappa shape index (κ2) is 7.20. The highest BCUT2D eigenvalue weighted by atomic mass is 32.2. The van der Waals surface area contributed by atoms with E-state index in [-0.39, 0.29) is 23.5 Å². The molecule has 0 aliphatic heterocycles. The van der Waals surface area contributed by atoms with Gasteiger partial charge in [-0.25, -0.2) is 13.1 Å². The smallest absolute Gasteiger partial charge is 0.244 e. The molecule has 1 aliphatic carbocycles. The van der Waals surface area contributed by atoms with Crippen molar-refractivity contribution in [2.45, 2.75) is 50.8 Å². The minimum atomic E-state index is -3.68. The number of aliphatic hydroxyl groups excluding tert-OH is 1. The van der Waals surface area contributed by atoms with E-state index in [0.717, 1.165) is 43.2 Å². The molecule has 0 atom stereocenters. The van der Waals surface area contributed by atoms with Crippen LogP contribution in [-0.4, -0.2) is 33.8 Å². The van der Waals surface area contributed by atoms with Gasteiger partial charge in [-0.1, -0.05) is 19.3 Å². The molecule has 0 heterocycles. The van der Waals surface area contributed by atoms with E-state index in [4.69, 9.17) is 4.74 Å². The number of rotatable bonds is 6. The summed E-state index contributed by atoms with van der Waals surface area (Å²) in [5.74, 6) is 0.349. The van der Waals surface area contributed by atoms with Crippen molar-refractivity contribution in [3.8, 4) is 5.75 Å². The number of hydrogen-bond acceptors (Lipinski definition) is 4. The summed E-state index contributed by atoms with van der Waals surface area (Å²) in [4.78, 5) is 0.159. The van der Waals surface area contributed by atoms with Gasteiger partial charge in [0.25, 0.3) is 0 Å². The first-order chi connectivity index (χ1) is 10.8. The summed E-state index contributed by atoms with van der Waals surface area (Å²) in [6.07, 6.45) is 4.94. The highest BCUT2D eigenvalue weighted by Gasteiger charge is 2.33. The van der Waals surface area contributed by atoms with Crippen molar-refractivity contribution >= 4 is 10.0 Å². The highest BCUT2D eigenvalue weighted by molar-refractivity contribution is 7.89.